The van der Waals surface area contributed by atoms with Gasteiger partial charge in [-0.2, -0.15) is 0 Å². The zero-order valence-corrected chi connectivity index (χ0v) is 11.6. The monoisotopic (exact) mass is 282 g/mol. The van der Waals surface area contributed by atoms with Crippen molar-refractivity contribution in [3.63, 3.8) is 0 Å². The van der Waals surface area contributed by atoms with Gasteiger partial charge in [-0.05, 0) is 23.6 Å². The lowest BCUT2D eigenvalue weighted by molar-refractivity contribution is -0.134. The van der Waals surface area contributed by atoms with E-state index in [0.717, 1.165) is 31.7 Å². The van der Waals surface area contributed by atoms with Gasteiger partial charge in [0.05, 0.1) is 0 Å². The van der Waals surface area contributed by atoms with Crippen molar-refractivity contribution >= 4 is 24.1 Å². The third-order valence-corrected chi connectivity index (χ3v) is 3.17. The molecule has 0 aromatic heterocycles. The van der Waals surface area contributed by atoms with Gasteiger partial charge in [0.15, 0.2) is 0 Å². The Kier molecular flexibility index (Phi) is 5.86. The molecule has 1 aliphatic rings. The van der Waals surface area contributed by atoms with Gasteiger partial charge in [0.1, 0.15) is 6.54 Å². The van der Waals surface area contributed by atoms with Crippen LogP contribution in [0.4, 0.5) is 5.69 Å². The average molecular weight is 283 g/mol. The molecule has 19 heavy (non-hydrogen) atoms. The van der Waals surface area contributed by atoms with E-state index < -0.39 is 5.97 Å². The van der Waals surface area contributed by atoms with Gasteiger partial charge in [-0.15, -0.1) is 19.0 Å². The number of benzene rings is 1. The third-order valence-electron chi connectivity index (χ3n) is 3.17. The highest BCUT2D eigenvalue weighted by Crippen LogP contribution is 2.26. The molecule has 1 heterocycles. The Bertz CT molecular complexity index is 463. The number of rotatable bonds is 5. The van der Waals surface area contributed by atoms with Crippen molar-refractivity contribution < 1.29 is 9.90 Å². The van der Waals surface area contributed by atoms with E-state index in [0.29, 0.717) is 0 Å². The second-order valence-corrected chi connectivity index (χ2v) is 4.46. The first-order chi connectivity index (χ1) is 8.70. The minimum atomic E-state index is -0.841. The van der Waals surface area contributed by atoms with Crippen LogP contribution in [0.25, 0.3) is 0 Å². The predicted octanol–water partition coefficient (Wildman–Crippen LogP) is 2.15. The first-order valence-electron chi connectivity index (χ1n) is 6.10. The fourth-order valence-corrected chi connectivity index (χ4v) is 2.31. The van der Waals surface area contributed by atoms with E-state index in [4.69, 9.17) is 5.11 Å². The molecular weight excluding hydrogens is 264 g/mol. The minimum absolute atomic E-state index is 0. The van der Waals surface area contributed by atoms with Crippen LogP contribution in [-0.4, -0.2) is 35.6 Å². The molecule has 0 saturated carbocycles. The summed E-state index contributed by atoms with van der Waals surface area (Å²) in [7, 11) is 0. The van der Waals surface area contributed by atoms with Crippen molar-refractivity contribution in [2.75, 3.05) is 25.0 Å². The highest BCUT2D eigenvalue weighted by molar-refractivity contribution is 5.85. The number of carbonyl (C=O) groups is 1. The topological polar surface area (TPSA) is 52.6 Å². The summed E-state index contributed by atoms with van der Waals surface area (Å²) < 4.78 is 0. The Morgan fingerprint density at radius 1 is 1.53 bits per heavy atom. The first-order valence-corrected chi connectivity index (χ1v) is 6.10. The number of halogens is 1. The Morgan fingerprint density at radius 3 is 3.00 bits per heavy atom. The molecule has 0 radical (unpaired) electrons. The van der Waals surface area contributed by atoms with Gasteiger partial charge in [-0.1, -0.05) is 18.2 Å². The summed E-state index contributed by atoms with van der Waals surface area (Å²) in [6.45, 7) is 6.46. The fourth-order valence-electron chi connectivity index (χ4n) is 2.31. The summed E-state index contributed by atoms with van der Waals surface area (Å²) in [4.78, 5) is 12.9. The van der Waals surface area contributed by atoms with Crippen LogP contribution < -0.4 is 5.32 Å². The van der Waals surface area contributed by atoms with Crippen molar-refractivity contribution in [2.24, 2.45) is 0 Å². The van der Waals surface area contributed by atoms with E-state index >= 15 is 0 Å². The maximum absolute atomic E-state index is 10.6. The lowest BCUT2D eigenvalue weighted by Crippen LogP contribution is -2.31. The predicted molar refractivity (Wildman–Crippen MR) is 79.0 cm³/mol. The lowest BCUT2D eigenvalue weighted by Gasteiger charge is -2.29. The molecule has 0 amide bonds. The first kappa shape index (κ1) is 15.5. The molecule has 1 aliphatic heterocycles. The summed E-state index contributed by atoms with van der Waals surface area (Å²) in [5.74, 6) is -0.841. The van der Waals surface area contributed by atoms with Gasteiger partial charge in [0.2, 0.25) is 0 Å². The highest BCUT2D eigenvalue weighted by Gasteiger charge is 2.17. The van der Waals surface area contributed by atoms with Crippen LogP contribution in [0.3, 0.4) is 0 Å². The molecule has 5 heteroatoms. The van der Waals surface area contributed by atoms with Crippen LogP contribution in [0.1, 0.15) is 11.1 Å². The summed E-state index contributed by atoms with van der Waals surface area (Å²) in [5, 5.41) is 11.7. The lowest BCUT2D eigenvalue weighted by atomic mass is 9.98. The van der Waals surface area contributed by atoms with E-state index in [9.17, 15) is 4.79 Å². The summed E-state index contributed by atoms with van der Waals surface area (Å²) in [6, 6.07) is 6.04. The second kappa shape index (κ2) is 7.16. The van der Waals surface area contributed by atoms with Crippen LogP contribution >= 0.6 is 12.4 Å². The van der Waals surface area contributed by atoms with Crippen LogP contribution in [0, 0.1) is 0 Å². The Balaban J connectivity index is 0.00000180. The maximum Gasteiger partial charge on any atom is 0.322 e. The van der Waals surface area contributed by atoms with Crippen LogP contribution in [0.2, 0.25) is 0 Å². The van der Waals surface area contributed by atoms with Crippen molar-refractivity contribution in [1.82, 2.24) is 4.90 Å². The Hall–Kier alpha value is -1.52. The molecule has 4 nitrogen and oxygen atoms in total. The Morgan fingerprint density at radius 2 is 2.32 bits per heavy atom. The molecular formula is C14H19ClN2O2. The standard InChI is InChI=1S/C14H18N2O2.ClH/c1-2-7-16-8-6-11-4-3-5-13(12(11)10-16)15-9-14(17)18;/h2-5,15H,1,6-10H2,(H,17,18);1H. The highest BCUT2D eigenvalue weighted by atomic mass is 35.5. The molecule has 0 aliphatic carbocycles. The van der Waals surface area contributed by atoms with Gasteiger partial charge in [0.25, 0.3) is 0 Å². The van der Waals surface area contributed by atoms with Gasteiger partial charge < -0.3 is 10.4 Å². The molecule has 0 saturated heterocycles. The largest absolute Gasteiger partial charge is 0.480 e. The third kappa shape index (κ3) is 3.98. The quantitative estimate of drug-likeness (QED) is 0.813. The zero-order chi connectivity index (χ0) is 13.0. The second-order valence-electron chi connectivity index (χ2n) is 4.46. The van der Waals surface area contributed by atoms with Crippen molar-refractivity contribution in [3.8, 4) is 0 Å². The van der Waals surface area contributed by atoms with Crippen LogP contribution in [0.15, 0.2) is 30.9 Å². The molecule has 0 spiro atoms. The maximum atomic E-state index is 10.6. The smallest absolute Gasteiger partial charge is 0.322 e. The average Bonchev–Trinajstić information content (AvgIpc) is 2.36. The molecule has 0 fully saturated rings. The van der Waals surface area contributed by atoms with Crippen molar-refractivity contribution in [2.45, 2.75) is 13.0 Å². The minimum Gasteiger partial charge on any atom is -0.480 e. The van der Waals surface area contributed by atoms with Crippen molar-refractivity contribution in [3.05, 3.63) is 42.0 Å². The number of fused-ring (bicyclic) bond motifs is 1. The number of anilines is 1. The SMILES string of the molecule is C=CCN1CCc2cccc(NCC(=O)O)c2C1.Cl. The van der Waals surface area contributed by atoms with Gasteiger partial charge >= 0.3 is 5.97 Å². The Labute approximate surface area is 119 Å². The summed E-state index contributed by atoms with van der Waals surface area (Å²) in [5.41, 5.74) is 3.46. The van der Waals surface area contributed by atoms with E-state index in [1.807, 2.05) is 18.2 Å². The summed E-state index contributed by atoms with van der Waals surface area (Å²) in [6.07, 6.45) is 2.91. The van der Waals surface area contributed by atoms with E-state index in [1.54, 1.807) is 0 Å². The van der Waals surface area contributed by atoms with E-state index in [1.165, 1.54) is 11.1 Å². The van der Waals surface area contributed by atoms with E-state index in [-0.39, 0.29) is 19.0 Å². The van der Waals surface area contributed by atoms with Crippen LogP contribution in [0.5, 0.6) is 0 Å². The molecule has 104 valence electrons. The molecule has 0 bridgehead atoms. The van der Waals surface area contributed by atoms with Crippen molar-refractivity contribution in [1.29, 1.82) is 0 Å². The number of hydrogen-bond acceptors (Lipinski definition) is 3. The van der Waals surface area contributed by atoms with Crippen LogP contribution in [-0.2, 0) is 17.8 Å². The fraction of sp³-hybridized carbons (Fsp3) is 0.357. The van der Waals surface area contributed by atoms with E-state index in [2.05, 4.69) is 22.9 Å². The van der Waals surface area contributed by atoms with Gasteiger partial charge in [0, 0.05) is 25.3 Å². The number of aliphatic carboxylic acids is 1. The van der Waals surface area contributed by atoms with Gasteiger partial charge in [-0.25, -0.2) is 0 Å². The number of nitrogens with one attached hydrogen (secondary N) is 1. The number of carboxylic acids is 1. The molecule has 1 aromatic rings. The normalized spacial score (nSPS) is 14.1. The summed E-state index contributed by atoms with van der Waals surface area (Å²) >= 11 is 0. The molecule has 0 unspecified atom stereocenters. The molecule has 2 rings (SSSR count). The molecule has 0 atom stereocenters. The molecule has 2 N–H and O–H groups in total. The number of hydrogen-bond donors (Lipinski definition) is 2. The number of nitrogens with zero attached hydrogens (tertiary/aromatic N) is 1. The zero-order valence-electron chi connectivity index (χ0n) is 10.8. The molecule has 1 aromatic carbocycles. The van der Waals surface area contributed by atoms with Gasteiger partial charge in [-0.3, -0.25) is 9.69 Å². The number of carboxylic acid groups (broad SMARTS) is 1.